The van der Waals surface area contributed by atoms with E-state index in [2.05, 4.69) is 4.98 Å². The molecule has 0 radical (unpaired) electrons. The van der Waals surface area contributed by atoms with E-state index in [1.54, 1.807) is 13.0 Å². The molecule has 1 aromatic rings. The van der Waals surface area contributed by atoms with Gasteiger partial charge in [0.15, 0.2) is 0 Å². The first-order chi connectivity index (χ1) is 10.9. The van der Waals surface area contributed by atoms with Gasteiger partial charge in [-0.05, 0) is 44.2 Å². The van der Waals surface area contributed by atoms with Crippen LogP contribution in [0.15, 0.2) is 23.2 Å². The van der Waals surface area contributed by atoms with Gasteiger partial charge in [0.25, 0.3) is 0 Å². The van der Waals surface area contributed by atoms with Crippen molar-refractivity contribution in [1.82, 2.24) is 9.29 Å². The number of nitrogens with zero attached hydrogens (tertiary/aromatic N) is 2. The molecule has 8 heteroatoms. The Bertz CT molecular complexity index is 706. The van der Waals surface area contributed by atoms with Crippen molar-refractivity contribution in [3.63, 3.8) is 0 Å². The van der Waals surface area contributed by atoms with Gasteiger partial charge >= 0.3 is 5.97 Å². The number of hydrogen-bond acceptors (Lipinski definition) is 5. The Morgan fingerprint density at radius 1 is 1.48 bits per heavy atom. The topological polar surface area (TPSA) is 96.8 Å². The molecular weight excluding hydrogens is 320 g/mol. The van der Waals surface area contributed by atoms with Crippen LogP contribution in [0, 0.1) is 5.92 Å². The summed E-state index contributed by atoms with van der Waals surface area (Å²) >= 11 is 0. The van der Waals surface area contributed by atoms with Crippen molar-refractivity contribution in [2.75, 3.05) is 6.61 Å². The van der Waals surface area contributed by atoms with Crippen LogP contribution in [-0.2, 0) is 14.8 Å². The summed E-state index contributed by atoms with van der Waals surface area (Å²) in [4.78, 5) is 15.2. The minimum atomic E-state index is -3.83. The van der Waals surface area contributed by atoms with Crippen LogP contribution in [0.1, 0.15) is 32.6 Å². The fraction of sp³-hybridized carbons (Fsp3) is 0.600. The minimum absolute atomic E-state index is 0.0183. The maximum absolute atomic E-state index is 13.1. The van der Waals surface area contributed by atoms with Crippen molar-refractivity contribution in [2.45, 2.75) is 49.6 Å². The molecule has 3 atom stereocenters. The Kier molecular flexibility index (Phi) is 4.29. The number of hydrogen-bond donors (Lipinski definition) is 1. The Labute approximate surface area is 135 Å². The summed E-state index contributed by atoms with van der Waals surface area (Å²) in [5, 5.41) is 9.14. The number of carboxylic acid groups (broad SMARTS) is 1. The number of aromatic nitrogens is 1. The molecule has 3 rings (SSSR count). The number of sulfonamides is 1. The van der Waals surface area contributed by atoms with Crippen LogP contribution in [0.2, 0.25) is 0 Å². The predicted octanol–water partition coefficient (Wildman–Crippen LogP) is 1.50. The largest absolute Gasteiger partial charge is 0.481 e. The van der Waals surface area contributed by atoms with Gasteiger partial charge in [-0.25, -0.2) is 13.4 Å². The lowest BCUT2D eigenvalue weighted by molar-refractivity contribution is -0.138. The summed E-state index contributed by atoms with van der Waals surface area (Å²) in [6.07, 6.45) is 3.73. The standard InChI is InChI=1S/C15H20N2O5S/c1-2-22-15-13(4-3-7-16-15)23(20,21)17-11-6-5-10(8-11)12(17)9-14(18)19/h3-4,7,10-12H,2,5-6,8-9H2,1H3,(H,18,19)/t10-,11+,12+/m0/s1. The van der Waals surface area contributed by atoms with Gasteiger partial charge in [0.1, 0.15) is 4.90 Å². The maximum atomic E-state index is 13.1. The van der Waals surface area contributed by atoms with E-state index in [9.17, 15) is 13.2 Å². The number of aliphatic carboxylic acids is 1. The van der Waals surface area contributed by atoms with E-state index in [1.165, 1.54) is 16.6 Å². The van der Waals surface area contributed by atoms with Gasteiger partial charge in [0.2, 0.25) is 15.9 Å². The molecule has 2 aliphatic rings. The lowest BCUT2D eigenvalue weighted by Gasteiger charge is -2.33. The highest BCUT2D eigenvalue weighted by atomic mass is 32.2. The van der Waals surface area contributed by atoms with Crippen LogP contribution in [0.25, 0.3) is 0 Å². The van der Waals surface area contributed by atoms with Crippen molar-refractivity contribution in [3.05, 3.63) is 18.3 Å². The number of carbonyl (C=O) groups is 1. The second kappa shape index (κ2) is 6.09. The molecule has 0 spiro atoms. The van der Waals surface area contributed by atoms with Crippen molar-refractivity contribution in [1.29, 1.82) is 0 Å². The molecule has 1 aliphatic carbocycles. The van der Waals surface area contributed by atoms with Crippen molar-refractivity contribution in [2.24, 2.45) is 5.92 Å². The quantitative estimate of drug-likeness (QED) is 0.843. The molecule has 0 aromatic carbocycles. The molecule has 126 valence electrons. The summed E-state index contributed by atoms with van der Waals surface area (Å²) in [6.45, 7) is 2.07. The average molecular weight is 340 g/mol. The fourth-order valence-electron chi connectivity index (χ4n) is 3.79. The molecule has 1 aromatic heterocycles. The van der Waals surface area contributed by atoms with Gasteiger partial charge in [0, 0.05) is 18.3 Å². The van der Waals surface area contributed by atoms with Crippen LogP contribution in [0.4, 0.5) is 0 Å². The first-order valence-electron chi connectivity index (χ1n) is 7.78. The summed E-state index contributed by atoms with van der Waals surface area (Å²) < 4.78 is 33.0. The Morgan fingerprint density at radius 2 is 2.26 bits per heavy atom. The molecular formula is C15H20N2O5S. The molecule has 0 amide bonds. The van der Waals surface area contributed by atoms with Gasteiger partial charge in [-0.1, -0.05) is 0 Å². The molecule has 2 fully saturated rings. The predicted molar refractivity (Wildman–Crippen MR) is 81.6 cm³/mol. The summed E-state index contributed by atoms with van der Waals surface area (Å²) in [5.41, 5.74) is 0. The van der Waals surface area contributed by atoms with Gasteiger partial charge < -0.3 is 9.84 Å². The third kappa shape index (κ3) is 2.81. The molecule has 0 unspecified atom stereocenters. The average Bonchev–Trinajstić information content (AvgIpc) is 3.08. The van der Waals surface area contributed by atoms with Gasteiger partial charge in [-0.15, -0.1) is 0 Å². The van der Waals surface area contributed by atoms with E-state index >= 15 is 0 Å². The minimum Gasteiger partial charge on any atom is -0.481 e. The van der Waals surface area contributed by atoms with Crippen LogP contribution in [-0.4, -0.2) is 47.5 Å². The van der Waals surface area contributed by atoms with Crippen LogP contribution >= 0.6 is 0 Å². The lowest BCUT2D eigenvalue weighted by Crippen LogP contribution is -2.45. The molecule has 1 saturated carbocycles. The zero-order chi connectivity index (χ0) is 16.6. The second-order valence-electron chi connectivity index (χ2n) is 5.97. The number of rotatable bonds is 6. The van der Waals surface area contributed by atoms with Crippen LogP contribution in [0.5, 0.6) is 5.88 Å². The van der Waals surface area contributed by atoms with E-state index in [0.29, 0.717) is 6.61 Å². The number of pyridine rings is 1. The van der Waals surface area contributed by atoms with Gasteiger partial charge in [0.05, 0.1) is 13.0 Å². The van der Waals surface area contributed by atoms with Crippen LogP contribution in [0.3, 0.4) is 0 Å². The highest BCUT2D eigenvalue weighted by molar-refractivity contribution is 7.89. The fourth-order valence-corrected chi connectivity index (χ4v) is 5.79. The molecule has 23 heavy (non-hydrogen) atoms. The zero-order valence-corrected chi connectivity index (χ0v) is 13.7. The third-order valence-corrected chi connectivity index (χ3v) is 6.62. The van der Waals surface area contributed by atoms with Crippen molar-refractivity contribution in [3.8, 4) is 5.88 Å². The van der Waals surface area contributed by atoms with E-state index < -0.39 is 22.0 Å². The Balaban J connectivity index is 2.00. The third-order valence-electron chi connectivity index (χ3n) is 4.63. The summed E-state index contributed by atoms with van der Waals surface area (Å²) in [6, 6.07) is 2.42. The van der Waals surface area contributed by atoms with Crippen LogP contribution < -0.4 is 4.74 Å². The number of fused-ring (bicyclic) bond motifs is 2. The zero-order valence-electron chi connectivity index (χ0n) is 12.9. The molecule has 2 heterocycles. The van der Waals surface area contributed by atoms with E-state index in [1.807, 2.05) is 0 Å². The van der Waals surface area contributed by atoms with E-state index in [0.717, 1.165) is 19.3 Å². The molecule has 1 N–H and O–H groups in total. The smallest absolute Gasteiger partial charge is 0.304 e. The second-order valence-corrected chi connectivity index (χ2v) is 7.78. The van der Waals surface area contributed by atoms with Gasteiger partial charge in [-0.3, -0.25) is 4.79 Å². The lowest BCUT2D eigenvalue weighted by atomic mass is 9.97. The van der Waals surface area contributed by atoms with E-state index in [4.69, 9.17) is 9.84 Å². The molecule has 1 saturated heterocycles. The highest BCUT2D eigenvalue weighted by Gasteiger charge is 2.52. The molecule has 2 bridgehead atoms. The molecule has 7 nitrogen and oxygen atoms in total. The normalized spacial score (nSPS) is 27.3. The summed E-state index contributed by atoms with van der Waals surface area (Å²) in [5.74, 6) is -0.774. The number of piperidine rings is 1. The number of ether oxygens (including phenoxy) is 1. The van der Waals surface area contributed by atoms with Crippen molar-refractivity contribution >= 4 is 16.0 Å². The molecule has 1 aliphatic heterocycles. The van der Waals surface area contributed by atoms with Crippen molar-refractivity contribution < 1.29 is 23.1 Å². The van der Waals surface area contributed by atoms with Gasteiger partial charge in [-0.2, -0.15) is 4.31 Å². The van der Waals surface area contributed by atoms with E-state index in [-0.39, 0.29) is 29.2 Å². The first-order valence-corrected chi connectivity index (χ1v) is 9.22. The Morgan fingerprint density at radius 3 is 2.96 bits per heavy atom. The number of carboxylic acids is 1. The highest BCUT2D eigenvalue weighted by Crippen LogP contribution is 2.47. The monoisotopic (exact) mass is 340 g/mol. The Hall–Kier alpha value is -1.67. The summed E-state index contributed by atoms with van der Waals surface area (Å²) in [7, 11) is -3.83. The first kappa shape index (κ1) is 16.2. The maximum Gasteiger partial charge on any atom is 0.304 e. The SMILES string of the molecule is CCOc1ncccc1S(=O)(=O)N1[C@@H]2CC[C@@H](C2)[C@H]1CC(=O)O.